The molecule has 3 amide bonds. The van der Waals surface area contributed by atoms with Crippen LogP contribution in [0.15, 0.2) is 105 Å². The third-order valence-corrected chi connectivity index (χ3v) is 18.4. The molecule has 0 saturated heterocycles. The molecule has 0 atom stereocenters. The van der Waals surface area contributed by atoms with Crippen molar-refractivity contribution in [2.24, 2.45) is 0 Å². The molecule has 3 aliphatic heterocycles. The largest absolute Gasteiger partial charge is 0.385 e. The van der Waals surface area contributed by atoms with E-state index >= 15 is 0 Å². The molecule has 0 spiro atoms. The van der Waals surface area contributed by atoms with E-state index in [1.165, 1.54) is 29.2 Å². The second-order valence-electron chi connectivity index (χ2n) is 22.0. The maximum absolute atomic E-state index is 12.4. The summed E-state index contributed by atoms with van der Waals surface area (Å²) >= 11 is 0.857. The summed E-state index contributed by atoms with van der Waals surface area (Å²) < 4.78 is 107. The van der Waals surface area contributed by atoms with Gasteiger partial charge in [0.25, 0.3) is 42.2 Å². The normalized spacial score (nSPS) is 18.1. The van der Waals surface area contributed by atoms with Gasteiger partial charge in [-0.3, -0.25) is 32.9 Å². The van der Waals surface area contributed by atoms with E-state index in [-0.39, 0.29) is 41.2 Å². The van der Waals surface area contributed by atoms with E-state index in [1.54, 1.807) is 6.07 Å². The van der Waals surface area contributed by atoms with Crippen molar-refractivity contribution >= 4 is 77.2 Å². The van der Waals surface area contributed by atoms with Gasteiger partial charge in [-0.1, -0.05) is 69.6 Å². The summed E-state index contributed by atoms with van der Waals surface area (Å²) in [4.78, 5) is 39.5. The smallest absolute Gasteiger partial charge is 0.294 e. The number of anilines is 1. The fraction of sp³-hybridized carbons (Fsp3) is 0.544. The van der Waals surface area contributed by atoms with Gasteiger partial charge in [-0.15, -0.1) is 4.33 Å². The van der Waals surface area contributed by atoms with Gasteiger partial charge in [0.1, 0.15) is 6.54 Å². The number of carbonyl (C=O) groups is 3. The van der Waals surface area contributed by atoms with Crippen molar-refractivity contribution in [1.29, 1.82) is 0 Å². The molecule has 0 saturated carbocycles. The van der Waals surface area contributed by atoms with Crippen LogP contribution in [0.2, 0.25) is 0 Å². The molecular formula is C57H80N5O15S4+. The van der Waals surface area contributed by atoms with Gasteiger partial charge in [-0.05, 0) is 131 Å². The molecule has 0 fully saturated rings. The number of imide groups is 1. The first-order chi connectivity index (χ1) is 38.3. The highest BCUT2D eigenvalue weighted by atomic mass is 32.2. The lowest BCUT2D eigenvalue weighted by Gasteiger charge is -2.28. The molecule has 0 bridgehead atoms. The maximum Gasteiger partial charge on any atom is 0.294 e. The molecule has 2 aromatic carbocycles. The maximum atomic E-state index is 12.4. The molecular weight excluding hydrogens is 1120 g/mol. The van der Waals surface area contributed by atoms with E-state index in [2.05, 4.69) is 52.3 Å². The summed E-state index contributed by atoms with van der Waals surface area (Å²) in [5, 5.41) is 19.5. The zero-order valence-corrected chi connectivity index (χ0v) is 50.1. The summed E-state index contributed by atoms with van der Waals surface area (Å²) in [7, 11) is -12.8. The van der Waals surface area contributed by atoms with Crippen LogP contribution in [-0.4, -0.2) is 121 Å². The highest BCUT2D eigenvalue weighted by Crippen LogP contribution is 2.49. The van der Waals surface area contributed by atoms with E-state index in [0.717, 1.165) is 128 Å². The number of amides is 3. The Labute approximate surface area is 482 Å². The number of unbranched alkanes of at least 4 members (excludes halogenated alkanes) is 10. The minimum absolute atomic E-state index is 0.00749. The molecule has 20 nitrogen and oxygen atoms in total. The molecule has 6 N–H and O–H groups in total. The molecule has 3 heterocycles. The topological polar surface area (TPSA) is 287 Å². The van der Waals surface area contributed by atoms with Crippen molar-refractivity contribution in [3.05, 3.63) is 107 Å². The Kier molecular flexibility index (Phi) is 23.7. The molecule has 2 aromatic rings. The van der Waals surface area contributed by atoms with E-state index in [9.17, 15) is 53.3 Å². The second kappa shape index (κ2) is 29.5. The summed E-state index contributed by atoms with van der Waals surface area (Å²) in [5.74, 6) is -1.34. The number of rotatable bonds is 34. The minimum Gasteiger partial charge on any atom is -0.385 e. The Morgan fingerprint density at radius 2 is 1.33 bits per heavy atom. The van der Waals surface area contributed by atoms with Crippen molar-refractivity contribution < 1.29 is 72.5 Å². The zero-order valence-electron chi connectivity index (χ0n) is 46.9. The molecule has 1 aliphatic carbocycles. The third kappa shape index (κ3) is 18.7. The Morgan fingerprint density at radius 3 is 2.00 bits per heavy atom. The number of fused-ring (bicyclic) bond motifs is 2. The number of hydrogen-bond donors (Lipinski definition) is 6. The molecule has 4 aliphatic rings. The van der Waals surface area contributed by atoms with Crippen LogP contribution < -0.4 is 15.5 Å². The summed E-state index contributed by atoms with van der Waals surface area (Å²) in [6.07, 6.45) is 24.3. The Bertz CT molecular complexity index is 3130. The van der Waals surface area contributed by atoms with Gasteiger partial charge in [-0.2, -0.15) is 29.8 Å². The minimum atomic E-state index is -4.52. The van der Waals surface area contributed by atoms with Gasteiger partial charge in [0.2, 0.25) is 11.6 Å². The Balaban J connectivity index is 1.19. The molecule has 0 aromatic heterocycles. The van der Waals surface area contributed by atoms with Crippen LogP contribution >= 0.6 is 12.0 Å². The fourth-order valence-corrected chi connectivity index (χ4v) is 13.1. The lowest BCUT2D eigenvalue weighted by molar-refractivity contribution is -0.438. The third-order valence-electron chi connectivity index (χ3n) is 15.3. The van der Waals surface area contributed by atoms with Crippen LogP contribution in [-0.2, 0) is 64.9 Å². The van der Waals surface area contributed by atoms with Gasteiger partial charge in [0.05, 0.1) is 33.9 Å². The van der Waals surface area contributed by atoms with Crippen molar-refractivity contribution in [3.8, 4) is 0 Å². The average molecular weight is 1200 g/mol. The quantitative estimate of drug-likeness (QED) is 0.00723. The van der Waals surface area contributed by atoms with Crippen LogP contribution in [0.3, 0.4) is 0 Å². The van der Waals surface area contributed by atoms with Crippen molar-refractivity contribution in [2.75, 3.05) is 49.1 Å². The van der Waals surface area contributed by atoms with Crippen LogP contribution in [0.25, 0.3) is 0 Å². The average Bonchev–Trinajstić information content (AvgIpc) is 3.83. The molecule has 6 rings (SSSR count). The number of carbonyl (C=O) groups excluding carboxylic acids is 3. The van der Waals surface area contributed by atoms with Crippen molar-refractivity contribution in [1.82, 2.24) is 15.5 Å². The fourth-order valence-electron chi connectivity index (χ4n) is 11.1. The van der Waals surface area contributed by atoms with Gasteiger partial charge in [0, 0.05) is 96.3 Å². The predicted octanol–water partition coefficient (Wildman–Crippen LogP) is 9.60. The lowest BCUT2D eigenvalue weighted by Crippen LogP contribution is -2.31. The first-order valence-electron chi connectivity index (χ1n) is 27.9. The Morgan fingerprint density at radius 1 is 0.704 bits per heavy atom. The first-order valence-corrected chi connectivity index (χ1v) is 33.3. The van der Waals surface area contributed by atoms with E-state index in [0.29, 0.717) is 75.3 Å². The molecule has 0 radical (unpaired) electrons. The van der Waals surface area contributed by atoms with Crippen LogP contribution in [0.1, 0.15) is 154 Å². The van der Waals surface area contributed by atoms with E-state index < -0.39 is 46.9 Å². The molecule has 81 heavy (non-hydrogen) atoms. The number of benzene rings is 2. The first kappa shape index (κ1) is 65.1. The van der Waals surface area contributed by atoms with E-state index in [4.69, 9.17) is 9.59 Å². The Hall–Kier alpha value is -5.02. The highest BCUT2D eigenvalue weighted by Gasteiger charge is 2.45. The van der Waals surface area contributed by atoms with Crippen molar-refractivity contribution in [3.63, 3.8) is 0 Å². The second-order valence-corrected chi connectivity index (χ2v) is 27.4. The van der Waals surface area contributed by atoms with Gasteiger partial charge >= 0.3 is 0 Å². The van der Waals surface area contributed by atoms with Gasteiger partial charge in [0.15, 0.2) is 5.71 Å². The van der Waals surface area contributed by atoms with Crippen LogP contribution in [0.5, 0.6) is 0 Å². The van der Waals surface area contributed by atoms with Crippen LogP contribution in [0, 0.1) is 0 Å². The van der Waals surface area contributed by atoms with Gasteiger partial charge in [-0.25, -0.2) is 5.26 Å². The summed E-state index contributed by atoms with van der Waals surface area (Å²) in [6.45, 7) is 10.6. The van der Waals surface area contributed by atoms with E-state index in [1.807, 2.05) is 43.0 Å². The number of hydrogen-bond acceptors (Lipinski definition) is 15. The van der Waals surface area contributed by atoms with Crippen molar-refractivity contribution in [2.45, 2.75) is 164 Å². The monoisotopic (exact) mass is 1200 g/mol. The number of nitrogens with zero attached hydrogens (tertiary/aromatic N) is 3. The summed E-state index contributed by atoms with van der Waals surface area (Å²) in [5.41, 5.74) is 6.94. The predicted molar refractivity (Wildman–Crippen MR) is 312 cm³/mol. The standard InChI is InChI=1S/C57H79N5O15S4/c1-56(2)46-40-44(78-77-76-66)25-27-48(46)60(35-15-17-38-79(67,68)69)50(56)29-23-42-20-19-21-43(24-30-51-57(3,4)47-41-45(81(73,74)75)26-28-49(47)61(51)36-16-18-39-80(70,71)72)55(42)59-34-12-10-8-6-5-7-9-11-22-52(63)58-33-13-14-37-62-53(64)31-32-54(62)65/h23-32,40-41H,5-22,33-39H2,1-4H3,(H5,58,63,66,67,68,69,70,71,72,73,74,75)/p+1. The SMILES string of the molecule is CC1(C)C(=CC=C2CCCC(C=CC3=[N+](CCCCS(=O)(=O)O)c4ccc(SOOO)cc4C3(C)C)=C2NCCCCCCCCCCC(=O)NCCCCN2C(=O)C=CC2=O)N(CCCCS(=O)(=O)O)c2ccc(S(=O)(=O)O)cc21. The molecule has 0 unspecified atom stereocenters. The molecule has 24 heteroatoms. The number of nitrogens with one attached hydrogen (secondary N) is 2. The molecule has 446 valence electrons. The highest BCUT2D eigenvalue weighted by molar-refractivity contribution is 7.94. The number of allylic oxidation sites excluding steroid dienone is 7. The van der Waals surface area contributed by atoms with Crippen LogP contribution in [0.4, 0.5) is 11.4 Å². The van der Waals surface area contributed by atoms with Gasteiger partial charge < -0.3 is 15.5 Å². The summed E-state index contributed by atoms with van der Waals surface area (Å²) in [6, 6.07) is 10.2. The lowest BCUT2D eigenvalue weighted by atomic mass is 9.81. The zero-order chi connectivity index (χ0) is 59.0.